The number of pyridine rings is 1. The predicted molar refractivity (Wildman–Crippen MR) is 118 cm³/mol. The Kier molecular flexibility index (Phi) is 5.97. The highest BCUT2D eigenvalue weighted by molar-refractivity contribution is 5.56. The van der Waals surface area contributed by atoms with Crippen molar-refractivity contribution in [1.82, 2.24) is 19.9 Å². The number of piperazine rings is 1. The third kappa shape index (κ3) is 4.82. The van der Waals surface area contributed by atoms with Crippen molar-refractivity contribution in [3.8, 4) is 0 Å². The first-order valence-corrected chi connectivity index (χ1v) is 10.1. The second-order valence-corrected chi connectivity index (χ2v) is 7.49. The number of anilines is 5. The van der Waals surface area contributed by atoms with Gasteiger partial charge in [-0.05, 0) is 24.3 Å². The van der Waals surface area contributed by atoms with E-state index in [2.05, 4.69) is 25.3 Å². The maximum absolute atomic E-state index is 13.4. The third-order valence-corrected chi connectivity index (χ3v) is 5.00. The lowest BCUT2D eigenvalue weighted by Gasteiger charge is -2.36. The monoisotopic (exact) mass is 444 g/mol. The largest absolute Gasteiger partial charge is 0.419 e. The summed E-state index contributed by atoms with van der Waals surface area (Å²) in [6, 6.07) is 11.9. The molecule has 0 unspecified atom stereocenters. The van der Waals surface area contributed by atoms with E-state index in [-0.39, 0.29) is 5.82 Å². The molecule has 8 nitrogen and oxygen atoms in total. The highest BCUT2D eigenvalue weighted by Crippen LogP contribution is 2.35. The molecule has 0 bridgehead atoms. The van der Waals surface area contributed by atoms with Crippen LogP contribution in [0, 0.1) is 0 Å². The molecule has 0 aliphatic carbocycles. The number of rotatable bonds is 5. The number of para-hydroxylation sites is 1. The lowest BCUT2D eigenvalue weighted by atomic mass is 10.2. The molecule has 1 aliphatic rings. The molecule has 1 aliphatic heterocycles. The van der Waals surface area contributed by atoms with Gasteiger partial charge >= 0.3 is 6.18 Å². The van der Waals surface area contributed by atoms with Gasteiger partial charge in [0.05, 0.1) is 5.56 Å². The summed E-state index contributed by atoms with van der Waals surface area (Å²) in [7, 11) is 3.67. The summed E-state index contributed by atoms with van der Waals surface area (Å²) >= 11 is 0. The standard InChI is InChI=1S/C21H23F3N8/c1-30(2)19-27-18(26-15-7-4-3-5-8-15)28-20(29-19)32-13-11-31(12-14-32)17-16(21(22,23)24)9-6-10-25-17/h3-10H,11-14H2,1-2H3,(H,26,27,28,29). The van der Waals surface area contributed by atoms with Gasteiger partial charge in [0, 0.05) is 52.2 Å². The van der Waals surface area contributed by atoms with Crippen LogP contribution in [0.3, 0.4) is 0 Å². The van der Waals surface area contributed by atoms with Crippen LogP contribution in [-0.2, 0) is 6.18 Å². The molecule has 0 saturated carbocycles. The van der Waals surface area contributed by atoms with Crippen LogP contribution >= 0.6 is 0 Å². The summed E-state index contributed by atoms with van der Waals surface area (Å²) in [5.41, 5.74) is 0.117. The van der Waals surface area contributed by atoms with Gasteiger partial charge in [-0.25, -0.2) is 4.98 Å². The van der Waals surface area contributed by atoms with Crippen LogP contribution in [0.15, 0.2) is 48.7 Å². The minimum absolute atomic E-state index is 0.0456. The average molecular weight is 444 g/mol. The molecule has 3 heterocycles. The molecule has 2 aromatic heterocycles. The molecule has 168 valence electrons. The van der Waals surface area contributed by atoms with Crippen molar-refractivity contribution in [3.05, 3.63) is 54.2 Å². The lowest BCUT2D eigenvalue weighted by molar-refractivity contribution is -0.137. The summed E-state index contributed by atoms with van der Waals surface area (Å²) in [4.78, 5) is 22.9. The van der Waals surface area contributed by atoms with Gasteiger partial charge in [-0.3, -0.25) is 0 Å². The van der Waals surface area contributed by atoms with Crippen molar-refractivity contribution >= 4 is 29.4 Å². The molecule has 0 amide bonds. The number of nitrogens with one attached hydrogen (secondary N) is 1. The molecule has 11 heteroatoms. The molecule has 0 radical (unpaired) electrons. The minimum atomic E-state index is -4.45. The topological polar surface area (TPSA) is 73.3 Å². The van der Waals surface area contributed by atoms with E-state index < -0.39 is 11.7 Å². The maximum atomic E-state index is 13.4. The second kappa shape index (κ2) is 8.85. The van der Waals surface area contributed by atoms with Gasteiger partial charge in [0.25, 0.3) is 0 Å². The predicted octanol–water partition coefficient (Wildman–Crippen LogP) is 3.42. The molecule has 4 rings (SSSR count). The molecule has 1 fully saturated rings. The molecule has 32 heavy (non-hydrogen) atoms. The number of hydrogen-bond acceptors (Lipinski definition) is 8. The number of nitrogens with zero attached hydrogens (tertiary/aromatic N) is 7. The normalized spacial score (nSPS) is 14.4. The molecular weight excluding hydrogens is 421 g/mol. The van der Waals surface area contributed by atoms with Gasteiger partial charge in [-0.2, -0.15) is 28.1 Å². The molecule has 0 atom stereocenters. The Morgan fingerprint density at radius 3 is 2.22 bits per heavy atom. The summed E-state index contributed by atoms with van der Waals surface area (Å²) in [5, 5.41) is 3.18. The first-order chi connectivity index (χ1) is 15.3. The van der Waals surface area contributed by atoms with E-state index in [4.69, 9.17) is 0 Å². The Morgan fingerprint density at radius 2 is 1.56 bits per heavy atom. The zero-order valence-corrected chi connectivity index (χ0v) is 17.7. The fraction of sp³-hybridized carbons (Fsp3) is 0.333. The van der Waals surface area contributed by atoms with Crippen molar-refractivity contribution in [2.75, 3.05) is 60.3 Å². The van der Waals surface area contributed by atoms with Crippen LogP contribution in [0.25, 0.3) is 0 Å². The SMILES string of the molecule is CN(C)c1nc(Nc2ccccc2)nc(N2CCN(c3ncccc3C(F)(F)F)CC2)n1. The van der Waals surface area contributed by atoms with Crippen LogP contribution in [0.2, 0.25) is 0 Å². The maximum Gasteiger partial charge on any atom is 0.419 e. The molecule has 3 aromatic rings. The summed E-state index contributed by atoms with van der Waals surface area (Å²) in [6.45, 7) is 1.64. The Bertz CT molecular complexity index is 1050. The van der Waals surface area contributed by atoms with E-state index in [9.17, 15) is 13.2 Å². The van der Waals surface area contributed by atoms with Crippen molar-refractivity contribution in [1.29, 1.82) is 0 Å². The van der Waals surface area contributed by atoms with E-state index in [0.29, 0.717) is 44.0 Å². The van der Waals surface area contributed by atoms with Crippen LogP contribution in [0.5, 0.6) is 0 Å². The third-order valence-electron chi connectivity index (χ3n) is 5.00. The van der Waals surface area contributed by atoms with Gasteiger partial charge in [0.2, 0.25) is 17.8 Å². The van der Waals surface area contributed by atoms with E-state index in [1.807, 2.05) is 49.3 Å². The van der Waals surface area contributed by atoms with Crippen LogP contribution < -0.4 is 20.0 Å². The van der Waals surface area contributed by atoms with E-state index in [1.165, 1.54) is 12.3 Å². The molecular formula is C21H23F3N8. The van der Waals surface area contributed by atoms with Crippen LogP contribution in [0.1, 0.15) is 5.56 Å². The van der Waals surface area contributed by atoms with Gasteiger partial charge in [-0.15, -0.1) is 0 Å². The number of halogens is 3. The van der Waals surface area contributed by atoms with Gasteiger partial charge < -0.3 is 20.0 Å². The molecule has 1 saturated heterocycles. The van der Waals surface area contributed by atoms with Gasteiger partial charge in [0.15, 0.2) is 0 Å². The van der Waals surface area contributed by atoms with Gasteiger partial charge in [0.1, 0.15) is 5.82 Å². The second-order valence-electron chi connectivity index (χ2n) is 7.49. The van der Waals surface area contributed by atoms with Crippen molar-refractivity contribution in [3.63, 3.8) is 0 Å². The first kappa shape index (κ1) is 21.6. The molecule has 0 spiro atoms. The molecule has 1 aromatic carbocycles. The quantitative estimate of drug-likeness (QED) is 0.642. The van der Waals surface area contributed by atoms with Crippen LogP contribution in [0.4, 0.5) is 42.5 Å². The zero-order valence-electron chi connectivity index (χ0n) is 17.7. The Labute approximate surface area is 183 Å². The van der Waals surface area contributed by atoms with E-state index in [1.54, 1.807) is 9.80 Å². The van der Waals surface area contributed by atoms with Crippen LogP contribution in [-0.4, -0.2) is 60.2 Å². The van der Waals surface area contributed by atoms with Gasteiger partial charge in [-0.1, -0.05) is 18.2 Å². The number of benzene rings is 1. The Balaban J connectivity index is 1.53. The van der Waals surface area contributed by atoms with Crippen molar-refractivity contribution < 1.29 is 13.2 Å². The molecule has 1 N–H and O–H groups in total. The van der Waals surface area contributed by atoms with Crippen molar-refractivity contribution in [2.45, 2.75) is 6.18 Å². The fourth-order valence-corrected chi connectivity index (χ4v) is 3.39. The van der Waals surface area contributed by atoms with Crippen molar-refractivity contribution in [2.24, 2.45) is 0 Å². The summed E-state index contributed by atoms with van der Waals surface area (Å²) in [5.74, 6) is 1.31. The average Bonchev–Trinajstić information content (AvgIpc) is 2.79. The van der Waals surface area contributed by atoms with E-state index in [0.717, 1.165) is 11.8 Å². The number of alkyl halides is 3. The summed E-state index contributed by atoms with van der Waals surface area (Å²) in [6.07, 6.45) is -3.07. The highest BCUT2D eigenvalue weighted by Gasteiger charge is 2.36. The smallest absolute Gasteiger partial charge is 0.353 e. The number of aromatic nitrogens is 4. The zero-order chi connectivity index (χ0) is 22.7. The Morgan fingerprint density at radius 1 is 0.875 bits per heavy atom. The highest BCUT2D eigenvalue weighted by atomic mass is 19.4. The summed E-state index contributed by atoms with van der Waals surface area (Å²) < 4.78 is 40.1. The first-order valence-electron chi connectivity index (χ1n) is 10.1. The van der Waals surface area contributed by atoms with E-state index >= 15 is 0 Å². The fourth-order valence-electron chi connectivity index (χ4n) is 3.39. The lowest BCUT2D eigenvalue weighted by Crippen LogP contribution is -2.48. The number of hydrogen-bond donors (Lipinski definition) is 1. The Hall–Kier alpha value is -3.63. The minimum Gasteiger partial charge on any atom is -0.353 e.